The predicted octanol–water partition coefficient (Wildman–Crippen LogP) is 2.25. The first-order chi connectivity index (χ1) is 11.4. The average Bonchev–Trinajstić information content (AvgIpc) is 3.22. The first kappa shape index (κ1) is 17.2. The smallest absolute Gasteiger partial charge is 0.234 e. The maximum absolute atomic E-state index is 12.0. The summed E-state index contributed by atoms with van der Waals surface area (Å²) in [6.45, 7) is 0. The minimum absolute atomic E-state index is 0.181. The van der Waals surface area contributed by atoms with Gasteiger partial charge in [0, 0.05) is 18.0 Å². The number of hydrogen-bond donors (Lipinski definition) is 2. The van der Waals surface area contributed by atoms with Gasteiger partial charge >= 0.3 is 0 Å². The second kappa shape index (κ2) is 7.08. The van der Waals surface area contributed by atoms with E-state index in [4.69, 9.17) is 0 Å². The van der Waals surface area contributed by atoms with E-state index < -0.39 is 9.84 Å². The van der Waals surface area contributed by atoms with Crippen LogP contribution in [0.4, 0.5) is 10.8 Å². The van der Waals surface area contributed by atoms with Gasteiger partial charge in [-0.2, -0.15) is 0 Å². The Labute approximate surface area is 148 Å². The molecule has 128 valence electrons. The number of thioether (sulfide) groups is 1. The highest BCUT2D eigenvalue weighted by Gasteiger charge is 2.22. The second-order valence-corrected chi connectivity index (χ2v) is 9.64. The van der Waals surface area contributed by atoms with Crippen LogP contribution in [0, 0.1) is 0 Å². The molecule has 0 radical (unpaired) electrons. The molecule has 1 amide bonds. The molecule has 1 aromatic carbocycles. The number of benzene rings is 1. The molecule has 0 saturated heterocycles. The largest absolute Gasteiger partial charge is 0.357 e. The summed E-state index contributed by atoms with van der Waals surface area (Å²) in [4.78, 5) is 12.2. The normalized spacial score (nSPS) is 14.4. The second-order valence-electron chi connectivity index (χ2n) is 5.43. The molecule has 0 unspecified atom stereocenters. The zero-order chi connectivity index (χ0) is 17.2. The number of rotatable bonds is 7. The van der Waals surface area contributed by atoms with Crippen LogP contribution in [-0.2, 0) is 14.6 Å². The van der Waals surface area contributed by atoms with Crippen molar-refractivity contribution in [1.29, 1.82) is 0 Å². The zero-order valence-electron chi connectivity index (χ0n) is 12.9. The Bertz CT molecular complexity index is 829. The highest BCUT2D eigenvalue weighted by Crippen LogP contribution is 2.30. The van der Waals surface area contributed by atoms with Crippen molar-refractivity contribution in [3.8, 4) is 0 Å². The number of anilines is 2. The summed E-state index contributed by atoms with van der Waals surface area (Å²) in [7, 11) is -3.23. The van der Waals surface area contributed by atoms with Crippen molar-refractivity contribution in [1.82, 2.24) is 10.2 Å². The predicted molar refractivity (Wildman–Crippen MR) is 95.5 cm³/mol. The van der Waals surface area contributed by atoms with Crippen molar-refractivity contribution >= 4 is 49.7 Å². The maximum atomic E-state index is 12.0. The van der Waals surface area contributed by atoms with Crippen molar-refractivity contribution in [2.24, 2.45) is 0 Å². The summed E-state index contributed by atoms with van der Waals surface area (Å²) in [6, 6.07) is 6.61. The minimum Gasteiger partial charge on any atom is -0.357 e. The van der Waals surface area contributed by atoms with Gasteiger partial charge in [-0.1, -0.05) is 23.1 Å². The van der Waals surface area contributed by atoms with E-state index in [1.807, 2.05) is 0 Å². The lowest BCUT2D eigenvalue weighted by molar-refractivity contribution is -0.113. The molecule has 1 heterocycles. The molecule has 24 heavy (non-hydrogen) atoms. The summed E-state index contributed by atoms with van der Waals surface area (Å²) in [5.74, 6) is 0.0327. The number of hydrogen-bond acceptors (Lipinski definition) is 8. The van der Waals surface area contributed by atoms with Crippen LogP contribution in [0.3, 0.4) is 0 Å². The van der Waals surface area contributed by atoms with Crippen LogP contribution in [0.1, 0.15) is 12.8 Å². The Balaban J connectivity index is 1.49. The number of aromatic nitrogens is 2. The Morgan fingerprint density at radius 3 is 2.62 bits per heavy atom. The Hall–Kier alpha value is -1.65. The molecule has 1 aromatic heterocycles. The fraction of sp³-hybridized carbons (Fsp3) is 0.357. The van der Waals surface area contributed by atoms with Gasteiger partial charge in [-0.25, -0.2) is 8.42 Å². The molecule has 7 nitrogen and oxygen atoms in total. The molecule has 1 saturated carbocycles. The van der Waals surface area contributed by atoms with E-state index in [0.717, 1.165) is 15.7 Å². The van der Waals surface area contributed by atoms with Gasteiger partial charge in [-0.05, 0) is 37.1 Å². The molecule has 1 fully saturated rings. The number of nitrogens with zero attached hydrogens (tertiary/aromatic N) is 2. The molecule has 1 aliphatic carbocycles. The van der Waals surface area contributed by atoms with Crippen LogP contribution in [-0.4, -0.2) is 42.6 Å². The molecule has 10 heteroatoms. The molecule has 3 rings (SSSR count). The fourth-order valence-corrected chi connectivity index (χ4v) is 4.10. The number of sulfone groups is 1. The number of carbonyl (C=O) groups excluding carboxylic acids is 1. The molecular formula is C14H16N4O3S3. The lowest BCUT2D eigenvalue weighted by atomic mass is 10.3. The summed E-state index contributed by atoms with van der Waals surface area (Å²) in [5, 5.41) is 14.9. The van der Waals surface area contributed by atoms with E-state index in [2.05, 4.69) is 20.8 Å². The van der Waals surface area contributed by atoms with Gasteiger partial charge in [0.25, 0.3) is 0 Å². The quantitative estimate of drug-likeness (QED) is 0.706. The van der Waals surface area contributed by atoms with Gasteiger partial charge < -0.3 is 10.6 Å². The van der Waals surface area contributed by atoms with E-state index >= 15 is 0 Å². The first-order valence-electron chi connectivity index (χ1n) is 7.23. The Morgan fingerprint density at radius 2 is 2.00 bits per heavy atom. The molecule has 2 N–H and O–H groups in total. The molecule has 2 aromatic rings. The molecule has 0 spiro atoms. The SMILES string of the molecule is CS(=O)(=O)c1ccc(NC(=O)CSc2nnc(NC3CC3)s2)cc1. The van der Waals surface area contributed by atoms with E-state index in [1.165, 1.54) is 48.1 Å². The van der Waals surface area contributed by atoms with E-state index in [-0.39, 0.29) is 16.6 Å². The number of nitrogens with one attached hydrogen (secondary N) is 2. The zero-order valence-corrected chi connectivity index (χ0v) is 15.3. The van der Waals surface area contributed by atoms with Crippen LogP contribution in [0.25, 0.3) is 0 Å². The maximum Gasteiger partial charge on any atom is 0.234 e. The Morgan fingerprint density at radius 1 is 1.29 bits per heavy atom. The van der Waals surface area contributed by atoms with E-state index in [9.17, 15) is 13.2 Å². The van der Waals surface area contributed by atoms with E-state index in [1.54, 1.807) is 12.1 Å². The topological polar surface area (TPSA) is 101 Å². The van der Waals surface area contributed by atoms with Crippen LogP contribution in [0.5, 0.6) is 0 Å². The van der Waals surface area contributed by atoms with Crippen LogP contribution in [0.15, 0.2) is 33.5 Å². The average molecular weight is 385 g/mol. The highest BCUT2D eigenvalue weighted by molar-refractivity contribution is 8.01. The lowest BCUT2D eigenvalue weighted by Gasteiger charge is -2.05. The van der Waals surface area contributed by atoms with Gasteiger partial charge in [0.2, 0.25) is 11.0 Å². The fourth-order valence-electron chi connectivity index (χ4n) is 1.84. The van der Waals surface area contributed by atoms with Gasteiger partial charge in [-0.3, -0.25) is 4.79 Å². The van der Waals surface area contributed by atoms with Gasteiger partial charge in [0.05, 0.1) is 10.6 Å². The lowest BCUT2D eigenvalue weighted by Crippen LogP contribution is -2.14. The molecule has 0 atom stereocenters. The third-order valence-electron chi connectivity index (χ3n) is 3.20. The molecular weight excluding hydrogens is 368 g/mol. The third-order valence-corrected chi connectivity index (χ3v) is 6.32. The number of amides is 1. The Kier molecular flexibility index (Phi) is 5.07. The van der Waals surface area contributed by atoms with Gasteiger partial charge in [-0.15, -0.1) is 10.2 Å². The third kappa shape index (κ3) is 4.92. The van der Waals surface area contributed by atoms with Gasteiger partial charge in [0.15, 0.2) is 14.2 Å². The minimum atomic E-state index is -3.23. The van der Waals surface area contributed by atoms with Crippen molar-refractivity contribution in [3.05, 3.63) is 24.3 Å². The van der Waals surface area contributed by atoms with Crippen LogP contribution >= 0.6 is 23.1 Å². The molecule has 0 aliphatic heterocycles. The summed E-state index contributed by atoms with van der Waals surface area (Å²) in [5.41, 5.74) is 0.557. The van der Waals surface area contributed by atoms with Crippen LogP contribution in [0.2, 0.25) is 0 Å². The monoisotopic (exact) mass is 384 g/mol. The van der Waals surface area contributed by atoms with Crippen molar-refractivity contribution < 1.29 is 13.2 Å². The molecule has 1 aliphatic rings. The highest BCUT2D eigenvalue weighted by atomic mass is 32.2. The van der Waals surface area contributed by atoms with Crippen molar-refractivity contribution in [3.63, 3.8) is 0 Å². The first-order valence-corrected chi connectivity index (χ1v) is 10.9. The van der Waals surface area contributed by atoms with Gasteiger partial charge in [0.1, 0.15) is 0 Å². The summed E-state index contributed by atoms with van der Waals surface area (Å²) in [6.07, 6.45) is 3.48. The van der Waals surface area contributed by atoms with E-state index in [0.29, 0.717) is 11.7 Å². The summed E-state index contributed by atoms with van der Waals surface area (Å²) >= 11 is 2.76. The van der Waals surface area contributed by atoms with Crippen molar-refractivity contribution in [2.75, 3.05) is 22.6 Å². The standard InChI is InChI=1S/C14H16N4O3S3/c1-24(20,21)11-6-4-9(5-7-11)15-12(19)8-22-14-18-17-13(23-14)16-10-2-3-10/h4-7,10H,2-3,8H2,1H3,(H,15,19)(H,16,17). The number of carbonyl (C=O) groups is 1. The summed E-state index contributed by atoms with van der Waals surface area (Å²) < 4.78 is 23.5. The molecule has 0 bridgehead atoms. The van der Waals surface area contributed by atoms with Crippen LogP contribution < -0.4 is 10.6 Å². The van der Waals surface area contributed by atoms with Crippen molar-refractivity contribution in [2.45, 2.75) is 28.1 Å².